The molecule has 1 aliphatic heterocycles. The lowest BCUT2D eigenvalue weighted by Gasteiger charge is -2.26. The van der Waals surface area contributed by atoms with E-state index in [-0.39, 0.29) is 29.5 Å². The first kappa shape index (κ1) is 26.4. The number of hydrogen-bond acceptors (Lipinski definition) is 6. The number of halogens is 1. The Hall–Kier alpha value is -3.69. The number of Topliss-reactive ketones (excluding diaryl/α,β-unsaturated/α-hetero) is 1. The molecule has 4 rings (SSSR count). The number of likely N-dealkylation sites (tertiary alicyclic amines) is 1. The van der Waals surface area contributed by atoms with Gasteiger partial charge in [0, 0.05) is 24.3 Å². The van der Waals surface area contributed by atoms with Crippen molar-refractivity contribution in [1.29, 1.82) is 0 Å². The van der Waals surface area contributed by atoms with Crippen LogP contribution in [0.1, 0.15) is 63.9 Å². The second-order valence-corrected chi connectivity index (χ2v) is 9.19. The quantitative estimate of drug-likeness (QED) is 0.321. The molecule has 9 nitrogen and oxygen atoms in total. The molecule has 3 aromatic rings. The van der Waals surface area contributed by atoms with Crippen LogP contribution in [0.25, 0.3) is 0 Å². The van der Waals surface area contributed by atoms with E-state index in [4.69, 9.17) is 16.3 Å². The number of aromatic amines is 1. The number of imidazole rings is 1. The van der Waals surface area contributed by atoms with Crippen LogP contribution in [-0.2, 0) is 0 Å². The average Bonchev–Trinajstić information content (AvgIpc) is 3.41. The lowest BCUT2D eigenvalue weighted by atomic mass is 10.1. The third kappa shape index (κ3) is 6.96. The number of hydrogen-bond donors (Lipinski definition) is 3. The van der Waals surface area contributed by atoms with Crippen molar-refractivity contribution in [2.45, 2.75) is 32.6 Å². The zero-order valence-electron chi connectivity index (χ0n) is 20.7. The number of nitrogens with one attached hydrogen (secondary N) is 3. The molecule has 2 heterocycles. The van der Waals surface area contributed by atoms with Crippen LogP contribution in [0.3, 0.4) is 0 Å². The summed E-state index contributed by atoms with van der Waals surface area (Å²) in [6, 6.07) is 11.7. The molecule has 2 aromatic carbocycles. The number of nitrogens with zero attached hydrogens (tertiary/aromatic N) is 2. The van der Waals surface area contributed by atoms with E-state index in [1.54, 1.807) is 49.4 Å². The van der Waals surface area contributed by atoms with Gasteiger partial charge < -0.3 is 20.4 Å². The van der Waals surface area contributed by atoms with Crippen molar-refractivity contribution >= 4 is 40.6 Å². The second-order valence-electron chi connectivity index (χ2n) is 8.78. The van der Waals surface area contributed by atoms with Crippen LogP contribution in [0.15, 0.2) is 48.8 Å². The van der Waals surface area contributed by atoms with Gasteiger partial charge in [0.05, 0.1) is 16.9 Å². The molecule has 10 heteroatoms. The van der Waals surface area contributed by atoms with Crippen LogP contribution in [0.5, 0.6) is 5.75 Å². The molecule has 0 aliphatic carbocycles. The van der Waals surface area contributed by atoms with Gasteiger partial charge in [0.25, 0.3) is 11.8 Å². The van der Waals surface area contributed by atoms with Crippen LogP contribution >= 0.6 is 11.6 Å². The summed E-state index contributed by atoms with van der Waals surface area (Å²) >= 11 is 6.29. The number of amides is 2. The van der Waals surface area contributed by atoms with Crippen LogP contribution in [0.4, 0.5) is 11.4 Å². The fourth-order valence-electron chi connectivity index (χ4n) is 4.12. The summed E-state index contributed by atoms with van der Waals surface area (Å²) in [5.74, 6) is -0.484. The molecule has 194 valence electrons. The van der Waals surface area contributed by atoms with Crippen molar-refractivity contribution in [3.8, 4) is 5.75 Å². The predicted octanol–water partition coefficient (Wildman–Crippen LogP) is 5.03. The maximum absolute atomic E-state index is 12.9. The van der Waals surface area contributed by atoms with Gasteiger partial charge in [-0.2, -0.15) is 0 Å². The first-order valence-electron chi connectivity index (χ1n) is 12.4. The number of anilines is 2. The number of piperidine rings is 1. The summed E-state index contributed by atoms with van der Waals surface area (Å²) in [5, 5.41) is 5.85. The van der Waals surface area contributed by atoms with Crippen molar-refractivity contribution in [2.24, 2.45) is 0 Å². The summed E-state index contributed by atoms with van der Waals surface area (Å²) in [6.45, 7) is 5.30. The highest BCUT2D eigenvalue weighted by Crippen LogP contribution is 2.24. The number of H-pyrrole nitrogens is 1. The number of ether oxygens (including phenoxy) is 1. The molecule has 0 bridgehead atoms. The van der Waals surface area contributed by atoms with Crippen molar-refractivity contribution in [2.75, 3.05) is 36.9 Å². The maximum Gasteiger partial charge on any atom is 0.274 e. The van der Waals surface area contributed by atoms with E-state index in [2.05, 4.69) is 25.5 Å². The number of benzene rings is 2. The average molecular weight is 524 g/mol. The lowest BCUT2D eigenvalue weighted by Crippen LogP contribution is -2.33. The van der Waals surface area contributed by atoms with E-state index in [1.165, 1.54) is 25.6 Å². The highest BCUT2D eigenvalue weighted by Gasteiger charge is 2.19. The number of carbonyl (C=O) groups is 3. The smallest absolute Gasteiger partial charge is 0.274 e. The van der Waals surface area contributed by atoms with E-state index in [1.807, 2.05) is 0 Å². The lowest BCUT2D eigenvalue weighted by molar-refractivity contribution is 0.0963. The van der Waals surface area contributed by atoms with Crippen molar-refractivity contribution in [3.63, 3.8) is 0 Å². The summed E-state index contributed by atoms with van der Waals surface area (Å²) in [4.78, 5) is 46.4. The monoisotopic (exact) mass is 523 g/mol. The van der Waals surface area contributed by atoms with Gasteiger partial charge in [-0.25, -0.2) is 4.98 Å². The van der Waals surface area contributed by atoms with Crippen LogP contribution in [0, 0.1) is 0 Å². The molecule has 3 N–H and O–H groups in total. The van der Waals surface area contributed by atoms with E-state index in [0.29, 0.717) is 34.3 Å². The predicted molar refractivity (Wildman–Crippen MR) is 143 cm³/mol. The molecule has 2 amide bonds. The first-order chi connectivity index (χ1) is 17.9. The molecule has 1 saturated heterocycles. The second kappa shape index (κ2) is 12.5. The van der Waals surface area contributed by atoms with Gasteiger partial charge in [-0.05, 0) is 68.4 Å². The molecule has 0 atom stereocenters. The van der Waals surface area contributed by atoms with E-state index < -0.39 is 5.91 Å². The number of aromatic nitrogens is 2. The molecule has 37 heavy (non-hydrogen) atoms. The van der Waals surface area contributed by atoms with Gasteiger partial charge in [-0.1, -0.05) is 24.9 Å². The highest BCUT2D eigenvalue weighted by molar-refractivity contribution is 6.34. The SMILES string of the molecule is CCC(=O)c1nc[nH]c1C(=O)Nc1ccc(NC(=O)c2cc(OCCN3CCCCC3)ccc2Cl)cc1. The highest BCUT2D eigenvalue weighted by atomic mass is 35.5. The van der Waals surface area contributed by atoms with E-state index in [9.17, 15) is 14.4 Å². The zero-order chi connectivity index (χ0) is 26.2. The summed E-state index contributed by atoms with van der Waals surface area (Å²) in [6.07, 6.45) is 5.30. The van der Waals surface area contributed by atoms with E-state index in [0.717, 1.165) is 19.6 Å². The zero-order valence-corrected chi connectivity index (χ0v) is 21.4. The van der Waals surface area contributed by atoms with Crippen molar-refractivity contribution < 1.29 is 19.1 Å². The molecule has 1 aromatic heterocycles. The summed E-state index contributed by atoms with van der Waals surface area (Å²) in [5.41, 5.74) is 1.55. The minimum absolute atomic E-state index is 0.108. The molecule has 1 fully saturated rings. The topological polar surface area (TPSA) is 116 Å². The van der Waals surface area contributed by atoms with Gasteiger partial charge in [-0.15, -0.1) is 0 Å². The Balaban J connectivity index is 1.33. The molecular formula is C27H30ClN5O4. The molecule has 0 spiro atoms. The van der Waals surface area contributed by atoms with Gasteiger partial charge >= 0.3 is 0 Å². The van der Waals surface area contributed by atoms with Gasteiger partial charge in [0.2, 0.25) is 0 Å². The number of ketones is 1. The van der Waals surface area contributed by atoms with Gasteiger partial charge in [0.15, 0.2) is 5.78 Å². The number of carbonyl (C=O) groups excluding carboxylic acids is 3. The molecule has 0 unspecified atom stereocenters. The molecule has 0 saturated carbocycles. The fourth-order valence-corrected chi connectivity index (χ4v) is 4.32. The molecular weight excluding hydrogens is 494 g/mol. The number of rotatable bonds is 10. The van der Waals surface area contributed by atoms with Gasteiger partial charge in [-0.3, -0.25) is 19.3 Å². The summed E-state index contributed by atoms with van der Waals surface area (Å²) in [7, 11) is 0. The third-order valence-corrected chi connectivity index (χ3v) is 6.49. The standard InChI is InChI=1S/C27H30ClN5O4/c1-2-23(34)24-25(30-17-29-24)27(36)32-19-8-6-18(7-9-19)31-26(35)21-16-20(10-11-22(21)28)37-15-14-33-12-4-3-5-13-33/h6-11,16-17H,2-5,12-15H2,1H3,(H,29,30)(H,31,35)(H,32,36). The van der Waals surface area contributed by atoms with Gasteiger partial charge in [0.1, 0.15) is 23.7 Å². The Morgan fingerprint density at radius 2 is 1.68 bits per heavy atom. The Morgan fingerprint density at radius 3 is 2.35 bits per heavy atom. The van der Waals surface area contributed by atoms with Crippen molar-refractivity contribution in [3.05, 3.63) is 70.8 Å². The van der Waals surface area contributed by atoms with Crippen LogP contribution in [0.2, 0.25) is 5.02 Å². The Kier molecular flexibility index (Phi) is 8.92. The molecule has 0 radical (unpaired) electrons. The van der Waals surface area contributed by atoms with Crippen molar-refractivity contribution in [1.82, 2.24) is 14.9 Å². The molecule has 1 aliphatic rings. The third-order valence-electron chi connectivity index (χ3n) is 6.16. The maximum atomic E-state index is 12.9. The summed E-state index contributed by atoms with van der Waals surface area (Å²) < 4.78 is 5.87. The first-order valence-corrected chi connectivity index (χ1v) is 12.8. The Bertz CT molecular complexity index is 1250. The van der Waals surface area contributed by atoms with Crippen LogP contribution < -0.4 is 15.4 Å². The minimum atomic E-state index is -0.477. The fraction of sp³-hybridized carbons (Fsp3) is 0.333. The minimum Gasteiger partial charge on any atom is -0.492 e. The Labute approximate surface area is 220 Å². The normalized spacial score (nSPS) is 13.7. The van der Waals surface area contributed by atoms with E-state index >= 15 is 0 Å². The largest absolute Gasteiger partial charge is 0.492 e. The Morgan fingerprint density at radius 1 is 1.00 bits per heavy atom. The van der Waals surface area contributed by atoms with Crippen LogP contribution in [-0.4, -0.2) is 58.7 Å².